The van der Waals surface area contributed by atoms with Gasteiger partial charge in [-0.2, -0.15) is 0 Å². The van der Waals surface area contributed by atoms with Crippen LogP contribution in [-0.4, -0.2) is 5.11 Å². The SMILES string of the molecule is Fc1c(F)c(F)c(NC(=S)NC(c2ccccc2)c2ccccc2)c(F)c1F. The van der Waals surface area contributed by atoms with E-state index in [1.165, 1.54) is 0 Å². The number of thiocarbonyl (C=S) groups is 1. The molecular formula is C20H13F5N2S. The number of rotatable bonds is 4. The normalized spacial score (nSPS) is 10.8. The lowest BCUT2D eigenvalue weighted by molar-refractivity contribution is 0.382. The average molecular weight is 408 g/mol. The zero-order valence-corrected chi connectivity index (χ0v) is 15.0. The maximum absolute atomic E-state index is 13.9. The Labute approximate surface area is 163 Å². The van der Waals surface area contributed by atoms with Crippen LogP contribution in [0.3, 0.4) is 0 Å². The van der Waals surface area contributed by atoms with E-state index in [4.69, 9.17) is 12.2 Å². The van der Waals surface area contributed by atoms with Gasteiger partial charge in [0.25, 0.3) is 0 Å². The molecule has 8 heteroatoms. The van der Waals surface area contributed by atoms with Crippen LogP contribution < -0.4 is 10.6 Å². The fraction of sp³-hybridized carbons (Fsp3) is 0.0500. The molecule has 2 N–H and O–H groups in total. The molecule has 0 bridgehead atoms. The molecule has 3 aromatic rings. The average Bonchev–Trinajstić information content (AvgIpc) is 2.73. The van der Waals surface area contributed by atoms with Crippen molar-refractivity contribution >= 4 is 23.0 Å². The first-order valence-corrected chi connectivity index (χ1v) is 8.49. The lowest BCUT2D eigenvalue weighted by Gasteiger charge is -2.22. The number of benzene rings is 3. The fourth-order valence-corrected chi connectivity index (χ4v) is 2.87. The summed E-state index contributed by atoms with van der Waals surface area (Å²) in [7, 11) is 0. The number of hydrogen-bond acceptors (Lipinski definition) is 1. The molecule has 0 aliphatic rings. The molecule has 0 aliphatic carbocycles. The first-order chi connectivity index (χ1) is 13.4. The molecule has 0 aromatic heterocycles. The van der Waals surface area contributed by atoms with Crippen molar-refractivity contribution < 1.29 is 22.0 Å². The van der Waals surface area contributed by atoms with Crippen molar-refractivity contribution in [3.05, 3.63) is 101 Å². The molecule has 3 rings (SSSR count). The molecule has 0 fully saturated rings. The van der Waals surface area contributed by atoms with Gasteiger partial charge < -0.3 is 10.6 Å². The summed E-state index contributed by atoms with van der Waals surface area (Å²) in [5, 5.41) is 4.63. The summed E-state index contributed by atoms with van der Waals surface area (Å²) < 4.78 is 67.7. The largest absolute Gasteiger partial charge is 0.352 e. The molecule has 0 unspecified atom stereocenters. The van der Waals surface area contributed by atoms with E-state index in [-0.39, 0.29) is 5.11 Å². The predicted octanol–water partition coefficient (Wildman–Crippen LogP) is 5.46. The van der Waals surface area contributed by atoms with Crippen LogP contribution in [-0.2, 0) is 0 Å². The third-order valence-electron chi connectivity index (χ3n) is 3.99. The van der Waals surface area contributed by atoms with Gasteiger partial charge in [-0.3, -0.25) is 0 Å². The van der Waals surface area contributed by atoms with Crippen molar-refractivity contribution in [3.63, 3.8) is 0 Å². The minimum atomic E-state index is -2.23. The van der Waals surface area contributed by atoms with E-state index in [1.807, 2.05) is 36.4 Å². The van der Waals surface area contributed by atoms with Gasteiger partial charge >= 0.3 is 0 Å². The van der Waals surface area contributed by atoms with E-state index in [0.717, 1.165) is 11.1 Å². The molecule has 0 saturated heterocycles. The molecule has 2 nitrogen and oxygen atoms in total. The van der Waals surface area contributed by atoms with E-state index in [9.17, 15) is 22.0 Å². The predicted molar refractivity (Wildman–Crippen MR) is 100 cm³/mol. The lowest BCUT2D eigenvalue weighted by atomic mass is 9.99. The number of nitrogens with one attached hydrogen (secondary N) is 2. The molecule has 0 saturated carbocycles. The minimum absolute atomic E-state index is 0.305. The van der Waals surface area contributed by atoms with Gasteiger partial charge in [-0.05, 0) is 23.3 Å². The van der Waals surface area contributed by atoms with Crippen LogP contribution in [0.4, 0.5) is 27.6 Å². The van der Waals surface area contributed by atoms with Crippen LogP contribution >= 0.6 is 12.2 Å². The summed E-state index contributed by atoms with van der Waals surface area (Å²) in [6, 6.07) is 17.6. The number of anilines is 1. The Morgan fingerprint density at radius 1 is 0.643 bits per heavy atom. The summed E-state index contributed by atoms with van der Waals surface area (Å²) in [6.07, 6.45) is 0. The Morgan fingerprint density at radius 3 is 1.46 bits per heavy atom. The summed E-state index contributed by atoms with van der Waals surface area (Å²) >= 11 is 5.06. The number of halogens is 5. The molecule has 0 radical (unpaired) electrons. The number of hydrogen-bond donors (Lipinski definition) is 2. The van der Waals surface area contributed by atoms with Gasteiger partial charge in [0.05, 0.1) is 6.04 Å². The zero-order valence-electron chi connectivity index (χ0n) is 14.1. The molecule has 0 aliphatic heterocycles. The second kappa shape index (κ2) is 8.35. The standard InChI is InChI=1S/C20H13F5N2S/c21-13-14(22)16(24)19(17(25)15(13)23)27-20(28)26-18(11-7-3-1-4-8-11)12-9-5-2-6-10-12/h1-10,18H,(H2,26,27,28). The van der Waals surface area contributed by atoms with Crippen molar-refractivity contribution in [1.82, 2.24) is 5.32 Å². The van der Waals surface area contributed by atoms with Crippen molar-refractivity contribution in [3.8, 4) is 0 Å². The second-order valence-corrected chi connectivity index (χ2v) is 6.21. The second-order valence-electron chi connectivity index (χ2n) is 5.80. The van der Waals surface area contributed by atoms with E-state index < -0.39 is 40.8 Å². The van der Waals surface area contributed by atoms with E-state index in [0.29, 0.717) is 0 Å². The van der Waals surface area contributed by atoms with Crippen LogP contribution in [0.1, 0.15) is 17.2 Å². The van der Waals surface area contributed by atoms with E-state index in [1.54, 1.807) is 24.3 Å². The van der Waals surface area contributed by atoms with Crippen LogP contribution in [0.2, 0.25) is 0 Å². The first-order valence-electron chi connectivity index (χ1n) is 8.09. The van der Waals surface area contributed by atoms with Gasteiger partial charge in [0.1, 0.15) is 5.69 Å². The first kappa shape index (κ1) is 19.8. The maximum atomic E-state index is 13.9. The Bertz CT molecular complexity index is 928. The van der Waals surface area contributed by atoms with Gasteiger partial charge in [0.2, 0.25) is 5.82 Å². The zero-order chi connectivity index (χ0) is 20.3. The van der Waals surface area contributed by atoms with Gasteiger partial charge in [-0.25, -0.2) is 22.0 Å². The molecule has 28 heavy (non-hydrogen) atoms. The van der Waals surface area contributed by atoms with Crippen molar-refractivity contribution in [2.75, 3.05) is 5.32 Å². The quantitative estimate of drug-likeness (QED) is 0.260. The van der Waals surface area contributed by atoms with Gasteiger partial charge in [0.15, 0.2) is 28.4 Å². The Hall–Kier alpha value is -3.00. The highest BCUT2D eigenvalue weighted by atomic mass is 32.1. The Morgan fingerprint density at radius 2 is 1.04 bits per heavy atom. The molecule has 3 aromatic carbocycles. The summed E-state index contributed by atoms with van der Waals surface area (Å²) in [4.78, 5) is 0. The van der Waals surface area contributed by atoms with Gasteiger partial charge in [-0.15, -0.1) is 0 Å². The van der Waals surface area contributed by atoms with Gasteiger partial charge in [-0.1, -0.05) is 60.7 Å². The van der Waals surface area contributed by atoms with Crippen LogP contribution in [0, 0.1) is 29.1 Å². The van der Waals surface area contributed by atoms with Crippen molar-refractivity contribution in [2.45, 2.75) is 6.04 Å². The van der Waals surface area contributed by atoms with Crippen molar-refractivity contribution in [1.29, 1.82) is 0 Å². The summed E-state index contributed by atoms with van der Waals surface area (Å²) in [5.41, 5.74) is 0.360. The van der Waals surface area contributed by atoms with Crippen LogP contribution in [0.15, 0.2) is 60.7 Å². The third kappa shape index (κ3) is 3.96. The van der Waals surface area contributed by atoms with Gasteiger partial charge in [0, 0.05) is 0 Å². The molecule has 144 valence electrons. The fourth-order valence-electron chi connectivity index (χ4n) is 2.65. The maximum Gasteiger partial charge on any atom is 0.200 e. The van der Waals surface area contributed by atoms with E-state index in [2.05, 4.69) is 10.6 Å². The monoisotopic (exact) mass is 408 g/mol. The van der Waals surface area contributed by atoms with Crippen LogP contribution in [0.5, 0.6) is 0 Å². The van der Waals surface area contributed by atoms with Crippen molar-refractivity contribution in [2.24, 2.45) is 0 Å². The molecular weight excluding hydrogens is 395 g/mol. The highest BCUT2D eigenvalue weighted by Crippen LogP contribution is 2.28. The lowest BCUT2D eigenvalue weighted by Crippen LogP contribution is -2.33. The minimum Gasteiger partial charge on any atom is -0.352 e. The summed E-state index contributed by atoms with van der Waals surface area (Å²) in [6.45, 7) is 0. The molecule has 0 heterocycles. The summed E-state index contributed by atoms with van der Waals surface area (Å²) in [5.74, 6) is -10.3. The molecule has 0 amide bonds. The highest BCUT2D eigenvalue weighted by molar-refractivity contribution is 7.80. The highest BCUT2D eigenvalue weighted by Gasteiger charge is 2.26. The topological polar surface area (TPSA) is 24.1 Å². The third-order valence-corrected chi connectivity index (χ3v) is 4.21. The van der Waals surface area contributed by atoms with E-state index >= 15 is 0 Å². The molecule has 0 spiro atoms. The molecule has 0 atom stereocenters. The Balaban J connectivity index is 1.90. The van der Waals surface area contributed by atoms with Crippen LogP contribution in [0.25, 0.3) is 0 Å². The smallest absolute Gasteiger partial charge is 0.200 e. The Kier molecular flexibility index (Phi) is 5.89.